The normalized spacial score (nSPS) is 12.7. The van der Waals surface area contributed by atoms with E-state index in [1.807, 2.05) is 42.6 Å². The highest BCUT2D eigenvalue weighted by atomic mass is 79.9. The second kappa shape index (κ2) is 5.13. The van der Waals surface area contributed by atoms with Gasteiger partial charge in [0.1, 0.15) is 0 Å². The van der Waals surface area contributed by atoms with Crippen molar-refractivity contribution in [3.63, 3.8) is 0 Å². The molecule has 0 bridgehead atoms. The van der Waals surface area contributed by atoms with E-state index in [0.29, 0.717) is 6.42 Å². The molecular weight excluding hydrogens is 284 g/mol. The van der Waals surface area contributed by atoms with Crippen LogP contribution in [0.15, 0.2) is 40.2 Å². The van der Waals surface area contributed by atoms with E-state index in [0.717, 1.165) is 15.6 Å². The summed E-state index contributed by atoms with van der Waals surface area (Å²) >= 11 is 5.11. The fraction of sp³-hybridized carbons (Fsp3) is 0.231. The van der Waals surface area contributed by atoms with Crippen molar-refractivity contribution in [2.24, 2.45) is 0 Å². The molecule has 0 amide bonds. The molecule has 0 spiro atoms. The van der Waals surface area contributed by atoms with Crippen LogP contribution in [-0.2, 0) is 6.42 Å². The third-order valence-corrected chi connectivity index (χ3v) is 3.93. The summed E-state index contributed by atoms with van der Waals surface area (Å²) in [5, 5.41) is 12.1. The number of aryl methyl sites for hydroxylation is 1. The lowest BCUT2D eigenvalue weighted by Gasteiger charge is -2.10. The topological polar surface area (TPSA) is 20.2 Å². The average molecular weight is 297 g/mol. The van der Waals surface area contributed by atoms with Crippen LogP contribution in [-0.4, -0.2) is 5.11 Å². The number of thiophene rings is 1. The molecule has 84 valence electrons. The van der Waals surface area contributed by atoms with E-state index in [-0.39, 0.29) is 0 Å². The molecule has 0 saturated heterocycles. The zero-order valence-electron chi connectivity index (χ0n) is 8.98. The van der Waals surface area contributed by atoms with Crippen LogP contribution in [0, 0.1) is 6.92 Å². The highest BCUT2D eigenvalue weighted by Gasteiger charge is 2.11. The van der Waals surface area contributed by atoms with Crippen molar-refractivity contribution in [3.05, 3.63) is 56.2 Å². The minimum atomic E-state index is -0.402. The van der Waals surface area contributed by atoms with Crippen molar-refractivity contribution >= 4 is 27.3 Å². The Hall–Kier alpha value is -0.640. The molecule has 3 heteroatoms. The van der Waals surface area contributed by atoms with Gasteiger partial charge in [-0.05, 0) is 41.6 Å². The molecule has 0 saturated carbocycles. The predicted octanol–water partition coefficient (Wildman–Crippen LogP) is 4.10. The van der Waals surface area contributed by atoms with Crippen molar-refractivity contribution in [1.29, 1.82) is 0 Å². The Morgan fingerprint density at radius 1 is 1.38 bits per heavy atom. The molecule has 1 N–H and O–H groups in total. The second-order valence-corrected chi connectivity index (χ2v) is 5.82. The molecule has 1 aromatic heterocycles. The van der Waals surface area contributed by atoms with Gasteiger partial charge in [-0.2, -0.15) is 0 Å². The summed E-state index contributed by atoms with van der Waals surface area (Å²) in [6.07, 6.45) is 0.261. The molecule has 2 aromatic rings. The van der Waals surface area contributed by atoms with Gasteiger partial charge in [-0.15, -0.1) is 11.3 Å². The van der Waals surface area contributed by atoms with E-state index < -0.39 is 6.10 Å². The molecule has 1 atom stereocenters. The average Bonchev–Trinajstić information content (AvgIpc) is 2.64. The Bertz CT molecular complexity index is 478. The van der Waals surface area contributed by atoms with Crippen LogP contribution in [0.2, 0.25) is 0 Å². The minimum Gasteiger partial charge on any atom is -0.388 e. The van der Waals surface area contributed by atoms with Gasteiger partial charge >= 0.3 is 0 Å². The van der Waals surface area contributed by atoms with Crippen LogP contribution in [0.1, 0.15) is 22.1 Å². The van der Waals surface area contributed by atoms with Crippen molar-refractivity contribution in [2.75, 3.05) is 0 Å². The van der Waals surface area contributed by atoms with Crippen molar-refractivity contribution in [1.82, 2.24) is 0 Å². The maximum Gasteiger partial charge on any atom is 0.0840 e. The van der Waals surface area contributed by atoms with Crippen LogP contribution < -0.4 is 0 Å². The predicted molar refractivity (Wildman–Crippen MR) is 71.9 cm³/mol. The lowest BCUT2D eigenvalue weighted by molar-refractivity contribution is 0.178. The molecule has 1 unspecified atom stereocenters. The summed E-state index contributed by atoms with van der Waals surface area (Å²) in [7, 11) is 0. The highest BCUT2D eigenvalue weighted by molar-refractivity contribution is 9.10. The van der Waals surface area contributed by atoms with Gasteiger partial charge in [-0.1, -0.05) is 28.1 Å². The van der Waals surface area contributed by atoms with Crippen LogP contribution in [0.3, 0.4) is 0 Å². The molecule has 0 aliphatic rings. The third kappa shape index (κ3) is 2.73. The lowest BCUT2D eigenvalue weighted by atomic mass is 10.0. The number of halogens is 1. The Balaban J connectivity index is 2.14. The molecule has 1 aromatic carbocycles. The summed E-state index contributed by atoms with van der Waals surface area (Å²) in [5.74, 6) is 0. The smallest absolute Gasteiger partial charge is 0.0840 e. The number of aliphatic hydroxyl groups excluding tert-OH is 1. The maximum atomic E-state index is 10.1. The first kappa shape index (κ1) is 11.8. The van der Waals surface area contributed by atoms with Gasteiger partial charge in [0.2, 0.25) is 0 Å². The Kier molecular flexibility index (Phi) is 3.79. The second-order valence-electron chi connectivity index (χ2n) is 3.78. The molecule has 2 rings (SSSR count). The van der Waals surface area contributed by atoms with Crippen LogP contribution in [0.5, 0.6) is 0 Å². The fourth-order valence-corrected chi connectivity index (χ4v) is 2.94. The number of hydrogen-bond donors (Lipinski definition) is 1. The Morgan fingerprint density at radius 2 is 2.19 bits per heavy atom. The molecule has 0 aliphatic carbocycles. The molecule has 16 heavy (non-hydrogen) atoms. The van der Waals surface area contributed by atoms with E-state index in [9.17, 15) is 5.11 Å². The monoisotopic (exact) mass is 296 g/mol. The first-order chi connectivity index (χ1) is 7.66. The van der Waals surface area contributed by atoms with Gasteiger partial charge < -0.3 is 5.11 Å². The molecular formula is C13H13BrOS. The molecule has 1 heterocycles. The highest BCUT2D eigenvalue weighted by Crippen LogP contribution is 2.26. The van der Waals surface area contributed by atoms with Crippen LogP contribution in [0.25, 0.3) is 0 Å². The van der Waals surface area contributed by atoms with E-state index in [2.05, 4.69) is 15.9 Å². The summed E-state index contributed by atoms with van der Waals surface area (Å²) < 4.78 is 1.05. The Labute approximate surface area is 108 Å². The Morgan fingerprint density at radius 3 is 2.81 bits per heavy atom. The van der Waals surface area contributed by atoms with Gasteiger partial charge in [0.25, 0.3) is 0 Å². The molecule has 0 fully saturated rings. The fourth-order valence-electron chi connectivity index (χ4n) is 1.74. The SMILES string of the molecule is Cc1sccc1C(O)Cc1cccc(Br)c1. The number of aliphatic hydroxyl groups is 1. The van der Waals surface area contributed by atoms with Crippen molar-refractivity contribution in [2.45, 2.75) is 19.4 Å². The van der Waals surface area contributed by atoms with Crippen LogP contribution in [0.4, 0.5) is 0 Å². The number of benzene rings is 1. The lowest BCUT2D eigenvalue weighted by Crippen LogP contribution is -2.01. The van der Waals surface area contributed by atoms with Gasteiger partial charge in [-0.25, -0.2) is 0 Å². The standard InChI is InChI=1S/C13H13BrOS/c1-9-12(5-6-16-9)13(15)8-10-3-2-4-11(14)7-10/h2-7,13,15H,8H2,1H3. The minimum absolute atomic E-state index is 0.402. The third-order valence-electron chi connectivity index (χ3n) is 2.58. The summed E-state index contributed by atoms with van der Waals surface area (Å²) in [5.41, 5.74) is 2.19. The summed E-state index contributed by atoms with van der Waals surface area (Å²) in [6, 6.07) is 10.1. The van der Waals surface area contributed by atoms with E-state index in [1.165, 1.54) is 4.88 Å². The van der Waals surface area contributed by atoms with E-state index in [4.69, 9.17) is 0 Å². The largest absolute Gasteiger partial charge is 0.388 e. The van der Waals surface area contributed by atoms with Gasteiger partial charge in [0.15, 0.2) is 0 Å². The molecule has 0 aliphatic heterocycles. The maximum absolute atomic E-state index is 10.1. The first-order valence-corrected chi connectivity index (χ1v) is 6.80. The quantitative estimate of drug-likeness (QED) is 0.904. The molecule has 1 nitrogen and oxygen atoms in total. The first-order valence-electron chi connectivity index (χ1n) is 5.13. The van der Waals surface area contributed by atoms with Crippen LogP contribution >= 0.6 is 27.3 Å². The summed E-state index contributed by atoms with van der Waals surface area (Å²) in [6.45, 7) is 2.05. The zero-order valence-corrected chi connectivity index (χ0v) is 11.4. The van der Waals surface area contributed by atoms with Crippen molar-refractivity contribution < 1.29 is 5.11 Å². The summed E-state index contributed by atoms with van der Waals surface area (Å²) in [4.78, 5) is 1.20. The van der Waals surface area contributed by atoms with Crippen molar-refractivity contribution in [3.8, 4) is 0 Å². The number of rotatable bonds is 3. The van der Waals surface area contributed by atoms with Gasteiger partial charge in [0.05, 0.1) is 6.10 Å². The van der Waals surface area contributed by atoms with Gasteiger partial charge in [-0.3, -0.25) is 0 Å². The zero-order chi connectivity index (χ0) is 11.5. The number of hydrogen-bond acceptors (Lipinski definition) is 2. The van der Waals surface area contributed by atoms with E-state index >= 15 is 0 Å². The molecule has 0 radical (unpaired) electrons. The van der Waals surface area contributed by atoms with E-state index in [1.54, 1.807) is 11.3 Å². The van der Waals surface area contributed by atoms with Gasteiger partial charge in [0, 0.05) is 15.8 Å².